The molecule has 0 saturated carbocycles. The van der Waals surface area contributed by atoms with Gasteiger partial charge in [0.15, 0.2) is 0 Å². The van der Waals surface area contributed by atoms with Crippen LogP contribution in [0.1, 0.15) is 31.1 Å². The molecule has 0 spiro atoms. The summed E-state index contributed by atoms with van der Waals surface area (Å²) in [6.45, 7) is 5.43. The number of carboxylic acids is 1. The van der Waals surface area contributed by atoms with Crippen molar-refractivity contribution in [2.24, 2.45) is 0 Å². The molecule has 1 rings (SSSR count). The highest BCUT2D eigenvalue weighted by atomic mass is 35.5. The smallest absolute Gasteiger partial charge is 0.335 e. The van der Waals surface area contributed by atoms with E-state index in [1.807, 2.05) is 20.8 Å². The Hall–Kier alpha value is -1.59. The van der Waals surface area contributed by atoms with Gasteiger partial charge in [0.05, 0.1) is 21.9 Å². The first-order valence-electron chi connectivity index (χ1n) is 5.66. The minimum Gasteiger partial charge on any atom is -0.478 e. The maximum absolute atomic E-state index is 11.6. The summed E-state index contributed by atoms with van der Waals surface area (Å²) in [4.78, 5) is 22.4. The van der Waals surface area contributed by atoms with Crippen LogP contribution in [0.3, 0.4) is 0 Å². The molecule has 1 aromatic rings. The number of hydrogen-bond donors (Lipinski definition) is 2. The minimum atomic E-state index is -1.07. The second-order valence-electron chi connectivity index (χ2n) is 4.95. The summed E-state index contributed by atoms with van der Waals surface area (Å²) in [5, 5.41) is 11.5. The van der Waals surface area contributed by atoms with E-state index in [1.165, 1.54) is 18.2 Å². The molecule has 19 heavy (non-hydrogen) atoms. The van der Waals surface area contributed by atoms with Crippen molar-refractivity contribution in [3.05, 3.63) is 28.8 Å². The molecule has 0 unspecified atom stereocenters. The molecular formula is C13H16ClNO4. The number of carboxylic acid groups (broad SMARTS) is 1. The van der Waals surface area contributed by atoms with Crippen LogP contribution in [0.2, 0.25) is 5.02 Å². The molecule has 5 nitrogen and oxygen atoms in total. The van der Waals surface area contributed by atoms with Gasteiger partial charge in [0, 0.05) is 0 Å². The number of carbonyl (C=O) groups is 2. The highest BCUT2D eigenvalue weighted by molar-refractivity contribution is 6.34. The van der Waals surface area contributed by atoms with E-state index in [2.05, 4.69) is 5.32 Å². The van der Waals surface area contributed by atoms with E-state index < -0.39 is 11.6 Å². The first kappa shape index (κ1) is 15.5. The highest BCUT2D eigenvalue weighted by Gasteiger charge is 2.14. The number of hydrogen-bond acceptors (Lipinski definition) is 3. The summed E-state index contributed by atoms with van der Waals surface area (Å²) < 4.78 is 5.32. The number of anilines is 1. The Morgan fingerprint density at radius 3 is 2.47 bits per heavy atom. The zero-order chi connectivity index (χ0) is 14.6. The Morgan fingerprint density at radius 2 is 2.00 bits per heavy atom. The normalized spacial score (nSPS) is 11.2. The third kappa shape index (κ3) is 5.28. The van der Waals surface area contributed by atoms with Crippen LogP contribution in [0.5, 0.6) is 0 Å². The van der Waals surface area contributed by atoms with Crippen molar-refractivity contribution in [1.82, 2.24) is 0 Å². The number of benzene rings is 1. The number of rotatable bonds is 4. The lowest BCUT2D eigenvalue weighted by molar-refractivity contribution is -0.125. The lowest BCUT2D eigenvalue weighted by atomic mass is 10.2. The molecule has 0 aromatic heterocycles. The van der Waals surface area contributed by atoms with E-state index in [4.69, 9.17) is 21.4 Å². The molecular weight excluding hydrogens is 270 g/mol. The summed E-state index contributed by atoms with van der Waals surface area (Å²) in [7, 11) is 0. The number of amides is 1. The summed E-state index contributed by atoms with van der Waals surface area (Å²) in [5.41, 5.74) is 0.0111. The van der Waals surface area contributed by atoms with Gasteiger partial charge in [-0.3, -0.25) is 4.79 Å². The number of carbonyl (C=O) groups excluding carboxylic acids is 1. The predicted octanol–water partition coefficient (Wildman–Crippen LogP) is 2.79. The van der Waals surface area contributed by atoms with E-state index in [0.717, 1.165) is 0 Å². The molecule has 0 heterocycles. The van der Waals surface area contributed by atoms with Gasteiger partial charge in [0.25, 0.3) is 0 Å². The van der Waals surface area contributed by atoms with Gasteiger partial charge >= 0.3 is 5.97 Å². The molecule has 1 amide bonds. The van der Waals surface area contributed by atoms with Gasteiger partial charge in [-0.25, -0.2) is 4.79 Å². The molecule has 0 saturated heterocycles. The van der Waals surface area contributed by atoms with Gasteiger partial charge in [-0.2, -0.15) is 0 Å². The second-order valence-corrected chi connectivity index (χ2v) is 5.36. The topological polar surface area (TPSA) is 75.6 Å². The average molecular weight is 286 g/mol. The lowest BCUT2D eigenvalue weighted by Gasteiger charge is -2.19. The van der Waals surface area contributed by atoms with Gasteiger partial charge in [-0.05, 0) is 39.0 Å². The Balaban J connectivity index is 2.67. The second kappa shape index (κ2) is 6.04. The predicted molar refractivity (Wildman–Crippen MR) is 72.7 cm³/mol. The fraction of sp³-hybridized carbons (Fsp3) is 0.385. The van der Waals surface area contributed by atoms with Gasteiger partial charge in [-0.1, -0.05) is 11.6 Å². The van der Waals surface area contributed by atoms with Crippen molar-refractivity contribution in [3.8, 4) is 0 Å². The molecule has 0 atom stereocenters. The molecule has 6 heteroatoms. The quantitative estimate of drug-likeness (QED) is 0.892. The third-order valence-electron chi connectivity index (χ3n) is 2.13. The van der Waals surface area contributed by atoms with Crippen molar-refractivity contribution in [2.45, 2.75) is 26.4 Å². The van der Waals surface area contributed by atoms with Crippen LogP contribution < -0.4 is 5.32 Å². The molecule has 0 aliphatic heterocycles. The molecule has 104 valence electrons. The highest BCUT2D eigenvalue weighted by Crippen LogP contribution is 2.23. The Labute approximate surface area is 116 Å². The summed E-state index contributed by atoms with van der Waals surface area (Å²) in [5.74, 6) is -1.42. The van der Waals surface area contributed by atoms with E-state index in [9.17, 15) is 9.59 Å². The van der Waals surface area contributed by atoms with Crippen LogP contribution in [0.25, 0.3) is 0 Å². The number of ether oxygens (including phenoxy) is 1. The SMILES string of the molecule is CC(C)(C)OCC(=O)Nc1ccc(C(=O)O)cc1Cl. The van der Waals surface area contributed by atoms with Crippen molar-refractivity contribution in [2.75, 3.05) is 11.9 Å². The monoisotopic (exact) mass is 285 g/mol. The van der Waals surface area contributed by atoms with E-state index >= 15 is 0 Å². The van der Waals surface area contributed by atoms with Crippen molar-refractivity contribution >= 4 is 29.2 Å². The third-order valence-corrected chi connectivity index (χ3v) is 2.44. The average Bonchev–Trinajstić information content (AvgIpc) is 2.28. The maximum Gasteiger partial charge on any atom is 0.335 e. The molecule has 1 aromatic carbocycles. The van der Waals surface area contributed by atoms with Crippen LogP contribution in [-0.2, 0) is 9.53 Å². The molecule has 2 N–H and O–H groups in total. The first-order chi connectivity index (χ1) is 8.69. The van der Waals surface area contributed by atoms with Gasteiger partial charge in [0.2, 0.25) is 5.91 Å². The van der Waals surface area contributed by atoms with E-state index in [-0.39, 0.29) is 23.1 Å². The fourth-order valence-corrected chi connectivity index (χ4v) is 1.45. The zero-order valence-electron chi connectivity index (χ0n) is 11.0. The Kier molecular flexibility index (Phi) is 4.91. The van der Waals surface area contributed by atoms with Gasteiger partial charge in [-0.15, -0.1) is 0 Å². The Bertz CT molecular complexity index is 494. The molecule has 0 radical (unpaired) electrons. The fourth-order valence-electron chi connectivity index (χ4n) is 1.22. The number of nitrogens with one attached hydrogen (secondary N) is 1. The van der Waals surface area contributed by atoms with Crippen molar-refractivity contribution in [1.29, 1.82) is 0 Å². The number of halogens is 1. The summed E-state index contributed by atoms with van der Waals surface area (Å²) in [6.07, 6.45) is 0. The van der Waals surface area contributed by atoms with Gasteiger partial charge < -0.3 is 15.2 Å². The summed E-state index contributed by atoms with van der Waals surface area (Å²) in [6, 6.07) is 4.10. The van der Waals surface area contributed by atoms with Crippen molar-refractivity contribution < 1.29 is 19.4 Å². The summed E-state index contributed by atoms with van der Waals surface area (Å²) >= 11 is 5.89. The van der Waals surface area contributed by atoms with Crippen LogP contribution >= 0.6 is 11.6 Å². The van der Waals surface area contributed by atoms with Crippen LogP contribution in [0.15, 0.2) is 18.2 Å². The van der Waals surface area contributed by atoms with E-state index in [1.54, 1.807) is 0 Å². The van der Waals surface area contributed by atoms with Crippen LogP contribution in [0.4, 0.5) is 5.69 Å². The minimum absolute atomic E-state index is 0.0638. The standard InChI is InChI=1S/C13H16ClNO4/c1-13(2,3)19-7-11(16)15-10-5-4-8(12(17)18)6-9(10)14/h4-6H,7H2,1-3H3,(H,15,16)(H,17,18). The van der Waals surface area contributed by atoms with Crippen molar-refractivity contribution in [3.63, 3.8) is 0 Å². The zero-order valence-corrected chi connectivity index (χ0v) is 11.7. The van der Waals surface area contributed by atoms with Crippen LogP contribution in [-0.4, -0.2) is 29.2 Å². The maximum atomic E-state index is 11.6. The lowest BCUT2D eigenvalue weighted by Crippen LogP contribution is -2.27. The first-order valence-corrected chi connectivity index (χ1v) is 6.03. The van der Waals surface area contributed by atoms with Crippen LogP contribution in [0, 0.1) is 0 Å². The molecule has 0 aliphatic rings. The number of aromatic carboxylic acids is 1. The molecule has 0 bridgehead atoms. The Morgan fingerprint density at radius 1 is 1.37 bits per heavy atom. The largest absolute Gasteiger partial charge is 0.478 e. The molecule has 0 fully saturated rings. The molecule has 0 aliphatic carbocycles. The van der Waals surface area contributed by atoms with E-state index in [0.29, 0.717) is 5.69 Å². The van der Waals surface area contributed by atoms with Gasteiger partial charge in [0.1, 0.15) is 6.61 Å².